The average molecular weight is 208 g/mol. The van der Waals surface area contributed by atoms with E-state index in [1.54, 1.807) is 11.9 Å². The monoisotopic (exact) mass is 208 g/mol. The summed E-state index contributed by atoms with van der Waals surface area (Å²) in [5.74, 6) is -0.0130. The fraction of sp³-hybridized carbons (Fsp3) is 0.545. The lowest BCUT2D eigenvalue weighted by atomic mass is 10.3. The Bertz CT molecular complexity index is 355. The lowest BCUT2D eigenvalue weighted by Crippen LogP contribution is -2.31. The van der Waals surface area contributed by atoms with Crippen LogP contribution in [0.1, 0.15) is 29.4 Å². The Labute approximate surface area is 89.1 Å². The Hall–Kier alpha value is -1.29. The number of aliphatic hydroxyl groups is 1. The number of carbonyl (C=O) groups excluding carboxylic acids is 1. The second-order valence-electron chi connectivity index (χ2n) is 3.98. The minimum absolute atomic E-state index is 0.00633. The van der Waals surface area contributed by atoms with E-state index in [-0.39, 0.29) is 12.5 Å². The molecule has 1 fully saturated rings. The van der Waals surface area contributed by atoms with Gasteiger partial charge in [-0.3, -0.25) is 4.79 Å². The van der Waals surface area contributed by atoms with E-state index in [0.29, 0.717) is 12.6 Å². The predicted molar refractivity (Wildman–Crippen MR) is 56.7 cm³/mol. The van der Waals surface area contributed by atoms with E-state index >= 15 is 0 Å². The molecule has 0 saturated heterocycles. The largest absolute Gasteiger partial charge is 0.395 e. The van der Waals surface area contributed by atoms with Gasteiger partial charge in [-0.1, -0.05) is 0 Å². The zero-order chi connectivity index (χ0) is 10.8. The maximum atomic E-state index is 11.9. The van der Waals surface area contributed by atoms with Crippen molar-refractivity contribution in [3.63, 3.8) is 0 Å². The molecule has 0 radical (unpaired) electrons. The molecule has 1 heterocycles. The Morgan fingerprint density at radius 3 is 3.00 bits per heavy atom. The summed E-state index contributed by atoms with van der Waals surface area (Å²) >= 11 is 0. The van der Waals surface area contributed by atoms with Crippen molar-refractivity contribution in [1.29, 1.82) is 0 Å². The van der Waals surface area contributed by atoms with Gasteiger partial charge in [-0.15, -0.1) is 0 Å². The van der Waals surface area contributed by atoms with Crippen LogP contribution >= 0.6 is 0 Å². The topological polar surface area (TPSA) is 45.5 Å². The lowest BCUT2D eigenvalue weighted by molar-refractivity contribution is 0.0756. The van der Waals surface area contributed by atoms with Crippen molar-refractivity contribution >= 4 is 5.91 Å². The summed E-state index contributed by atoms with van der Waals surface area (Å²) in [6, 6.07) is 4.26. The molecule has 4 nitrogen and oxygen atoms in total. The van der Waals surface area contributed by atoms with Crippen LogP contribution in [0, 0.1) is 0 Å². The zero-order valence-electron chi connectivity index (χ0n) is 8.89. The molecule has 0 spiro atoms. The van der Waals surface area contributed by atoms with Crippen LogP contribution in [-0.4, -0.2) is 40.7 Å². The third kappa shape index (κ3) is 2.04. The first-order valence-electron chi connectivity index (χ1n) is 5.27. The van der Waals surface area contributed by atoms with Crippen LogP contribution < -0.4 is 0 Å². The van der Waals surface area contributed by atoms with Gasteiger partial charge in [-0.25, -0.2) is 0 Å². The highest BCUT2D eigenvalue weighted by molar-refractivity contribution is 5.92. The Kier molecular flexibility index (Phi) is 2.77. The van der Waals surface area contributed by atoms with Gasteiger partial charge in [-0.05, 0) is 25.0 Å². The van der Waals surface area contributed by atoms with E-state index in [2.05, 4.69) is 0 Å². The number of carbonyl (C=O) groups is 1. The third-order valence-electron chi connectivity index (χ3n) is 2.72. The van der Waals surface area contributed by atoms with Gasteiger partial charge in [0.1, 0.15) is 5.69 Å². The Balaban J connectivity index is 2.13. The van der Waals surface area contributed by atoms with Crippen LogP contribution in [0.4, 0.5) is 0 Å². The third-order valence-corrected chi connectivity index (χ3v) is 2.72. The van der Waals surface area contributed by atoms with Crippen LogP contribution in [0.2, 0.25) is 0 Å². The van der Waals surface area contributed by atoms with Gasteiger partial charge in [0.2, 0.25) is 0 Å². The normalized spacial score (nSPS) is 15.3. The van der Waals surface area contributed by atoms with Crippen molar-refractivity contribution in [3.8, 4) is 0 Å². The number of likely N-dealkylation sites (N-methyl/N-ethyl adjacent to an activating group) is 1. The highest BCUT2D eigenvalue weighted by atomic mass is 16.3. The van der Waals surface area contributed by atoms with Crippen molar-refractivity contribution < 1.29 is 9.90 Å². The second-order valence-corrected chi connectivity index (χ2v) is 3.98. The van der Waals surface area contributed by atoms with Gasteiger partial charge in [0.05, 0.1) is 6.61 Å². The van der Waals surface area contributed by atoms with Crippen LogP contribution in [0.5, 0.6) is 0 Å². The molecule has 2 rings (SSSR count). The molecule has 1 amide bonds. The van der Waals surface area contributed by atoms with Gasteiger partial charge in [0.25, 0.3) is 5.91 Å². The van der Waals surface area contributed by atoms with Gasteiger partial charge in [0.15, 0.2) is 0 Å². The molecule has 1 aromatic heterocycles. The maximum absolute atomic E-state index is 11.9. The molecule has 82 valence electrons. The van der Waals surface area contributed by atoms with E-state index in [4.69, 9.17) is 5.11 Å². The molecule has 15 heavy (non-hydrogen) atoms. The molecular weight excluding hydrogens is 192 g/mol. The number of aliphatic hydroxyl groups excluding tert-OH is 1. The van der Waals surface area contributed by atoms with E-state index in [0.717, 1.165) is 5.69 Å². The number of aromatic nitrogens is 1. The number of rotatable bonds is 4. The molecular formula is C11H16N2O2. The van der Waals surface area contributed by atoms with Crippen LogP contribution in [0.25, 0.3) is 0 Å². The Morgan fingerprint density at radius 1 is 1.67 bits per heavy atom. The van der Waals surface area contributed by atoms with Crippen LogP contribution in [0.3, 0.4) is 0 Å². The summed E-state index contributed by atoms with van der Waals surface area (Å²) < 4.78 is 2.04. The summed E-state index contributed by atoms with van der Waals surface area (Å²) in [5.41, 5.74) is 0.730. The minimum atomic E-state index is -0.0130. The van der Waals surface area contributed by atoms with Gasteiger partial charge in [0, 0.05) is 25.8 Å². The van der Waals surface area contributed by atoms with Gasteiger partial charge in [-0.2, -0.15) is 0 Å². The van der Waals surface area contributed by atoms with E-state index in [1.165, 1.54) is 12.8 Å². The molecule has 1 saturated carbocycles. The highest BCUT2D eigenvalue weighted by Gasteiger charge is 2.27. The Morgan fingerprint density at radius 2 is 2.40 bits per heavy atom. The number of hydrogen-bond donors (Lipinski definition) is 1. The SMILES string of the molecule is CN(CCO)C(=O)c1cccn1C1CC1. The number of amides is 1. The first kappa shape index (κ1) is 10.2. The fourth-order valence-corrected chi connectivity index (χ4v) is 1.69. The summed E-state index contributed by atoms with van der Waals surface area (Å²) in [6.45, 7) is 0.390. The van der Waals surface area contributed by atoms with Crippen LogP contribution in [0.15, 0.2) is 18.3 Å². The molecule has 0 aliphatic heterocycles. The quantitative estimate of drug-likeness (QED) is 0.798. The predicted octanol–water partition coefficient (Wildman–Crippen LogP) is 0.887. The van der Waals surface area contributed by atoms with Crippen molar-refractivity contribution in [2.24, 2.45) is 0 Å². The minimum Gasteiger partial charge on any atom is -0.395 e. The van der Waals surface area contributed by atoms with Gasteiger partial charge >= 0.3 is 0 Å². The molecule has 1 aliphatic carbocycles. The van der Waals surface area contributed by atoms with Gasteiger partial charge < -0.3 is 14.6 Å². The van der Waals surface area contributed by atoms with Crippen molar-refractivity contribution in [2.45, 2.75) is 18.9 Å². The summed E-state index contributed by atoms with van der Waals surface area (Å²) in [5, 5.41) is 8.77. The maximum Gasteiger partial charge on any atom is 0.270 e. The molecule has 0 atom stereocenters. The van der Waals surface area contributed by atoms with E-state index in [1.807, 2.05) is 22.9 Å². The molecule has 1 N–H and O–H groups in total. The van der Waals surface area contributed by atoms with E-state index in [9.17, 15) is 4.79 Å². The summed E-state index contributed by atoms with van der Waals surface area (Å²) in [4.78, 5) is 13.5. The summed E-state index contributed by atoms with van der Waals surface area (Å²) in [7, 11) is 1.71. The highest BCUT2D eigenvalue weighted by Crippen LogP contribution is 2.36. The standard InChI is InChI=1S/C11H16N2O2/c1-12(7-8-14)11(15)10-3-2-6-13(10)9-4-5-9/h2-3,6,9,14H,4-5,7-8H2,1H3. The molecule has 4 heteroatoms. The number of nitrogens with zero attached hydrogens (tertiary/aromatic N) is 2. The van der Waals surface area contributed by atoms with Crippen molar-refractivity contribution in [1.82, 2.24) is 9.47 Å². The first-order chi connectivity index (χ1) is 7.24. The van der Waals surface area contributed by atoms with Crippen molar-refractivity contribution in [3.05, 3.63) is 24.0 Å². The lowest BCUT2D eigenvalue weighted by Gasteiger charge is -2.16. The molecule has 1 aliphatic rings. The van der Waals surface area contributed by atoms with Crippen molar-refractivity contribution in [2.75, 3.05) is 20.2 Å². The molecule has 0 bridgehead atoms. The average Bonchev–Trinajstić information content (AvgIpc) is 2.96. The first-order valence-corrected chi connectivity index (χ1v) is 5.27. The molecule has 1 aromatic rings. The second kappa shape index (κ2) is 4.06. The number of hydrogen-bond acceptors (Lipinski definition) is 2. The molecule has 0 aromatic carbocycles. The fourth-order valence-electron chi connectivity index (χ4n) is 1.69. The molecule has 0 unspecified atom stereocenters. The van der Waals surface area contributed by atoms with Crippen LogP contribution in [-0.2, 0) is 0 Å². The van der Waals surface area contributed by atoms with E-state index < -0.39 is 0 Å². The zero-order valence-corrected chi connectivity index (χ0v) is 8.89. The smallest absolute Gasteiger partial charge is 0.270 e. The summed E-state index contributed by atoms with van der Waals surface area (Å²) in [6.07, 6.45) is 4.29.